The van der Waals surface area contributed by atoms with Crippen LogP contribution in [0.15, 0.2) is 82.5 Å². The van der Waals surface area contributed by atoms with E-state index in [2.05, 4.69) is 21.2 Å². The van der Waals surface area contributed by atoms with Gasteiger partial charge in [-0.25, -0.2) is 5.43 Å². The number of hydrazone groups is 1. The van der Waals surface area contributed by atoms with E-state index in [-0.39, 0.29) is 18.1 Å². The molecule has 2 amide bonds. The number of benzene rings is 2. The molecule has 1 aromatic heterocycles. The minimum Gasteiger partial charge on any atom is -0.459 e. The van der Waals surface area contributed by atoms with Gasteiger partial charge in [0.25, 0.3) is 0 Å². The lowest BCUT2D eigenvalue weighted by Gasteiger charge is -2.09. The maximum absolute atomic E-state index is 12.1. The van der Waals surface area contributed by atoms with Crippen LogP contribution in [-0.4, -0.2) is 17.5 Å². The van der Waals surface area contributed by atoms with E-state index in [1.807, 2.05) is 54.6 Å². The zero-order chi connectivity index (χ0) is 19.8. The van der Waals surface area contributed by atoms with Crippen molar-refractivity contribution in [3.8, 4) is 0 Å². The maximum Gasteiger partial charge on any atom is 0.307 e. The molecule has 2 aromatic carbocycles. The van der Waals surface area contributed by atoms with Crippen molar-refractivity contribution in [2.75, 3.05) is 10.6 Å². The van der Waals surface area contributed by atoms with Crippen LogP contribution >= 0.6 is 0 Å². The van der Waals surface area contributed by atoms with Gasteiger partial charge in [-0.1, -0.05) is 18.2 Å². The van der Waals surface area contributed by atoms with Gasteiger partial charge < -0.3 is 15.1 Å². The molecule has 3 aromatic rings. The molecule has 0 aliphatic rings. The van der Waals surface area contributed by atoms with Gasteiger partial charge in [0.05, 0.1) is 12.7 Å². The molecule has 0 aliphatic carbocycles. The molecular formula is C21H20N4O3. The molecule has 142 valence electrons. The second-order valence-electron chi connectivity index (χ2n) is 6.06. The molecule has 1 heterocycles. The summed E-state index contributed by atoms with van der Waals surface area (Å²) in [6.07, 6.45) is 1.46. The molecule has 0 saturated carbocycles. The predicted octanol–water partition coefficient (Wildman–Crippen LogP) is 4.16. The van der Waals surface area contributed by atoms with Crippen molar-refractivity contribution in [1.29, 1.82) is 0 Å². The van der Waals surface area contributed by atoms with Gasteiger partial charge in [-0.2, -0.15) is 5.10 Å². The molecule has 0 bridgehead atoms. The molecule has 0 spiro atoms. The highest BCUT2D eigenvalue weighted by Crippen LogP contribution is 2.18. The van der Waals surface area contributed by atoms with Crippen molar-refractivity contribution in [2.45, 2.75) is 13.3 Å². The van der Waals surface area contributed by atoms with E-state index in [9.17, 15) is 9.59 Å². The van der Waals surface area contributed by atoms with Crippen molar-refractivity contribution in [3.63, 3.8) is 0 Å². The number of carbonyl (C=O) groups is 2. The summed E-state index contributed by atoms with van der Waals surface area (Å²) in [5.41, 5.74) is 5.41. The molecule has 7 heteroatoms. The molecule has 0 fully saturated rings. The lowest BCUT2D eigenvalue weighted by atomic mass is 10.2. The fourth-order valence-corrected chi connectivity index (χ4v) is 2.41. The summed E-state index contributed by atoms with van der Waals surface area (Å²) >= 11 is 0. The Morgan fingerprint density at radius 3 is 2.25 bits per heavy atom. The molecule has 3 N–H and O–H groups in total. The fraction of sp³-hybridized carbons (Fsp3) is 0.0952. The van der Waals surface area contributed by atoms with Crippen LogP contribution in [0.4, 0.5) is 17.1 Å². The van der Waals surface area contributed by atoms with Crippen molar-refractivity contribution in [1.82, 2.24) is 5.43 Å². The molecule has 0 atom stereocenters. The smallest absolute Gasteiger partial charge is 0.307 e. The maximum atomic E-state index is 12.1. The van der Waals surface area contributed by atoms with Crippen LogP contribution in [0.2, 0.25) is 0 Å². The Morgan fingerprint density at radius 2 is 1.57 bits per heavy atom. The number of nitrogens with one attached hydrogen (secondary N) is 3. The van der Waals surface area contributed by atoms with Crippen LogP contribution in [-0.2, 0) is 4.79 Å². The first kappa shape index (κ1) is 18.9. The number of hydrogen-bond donors (Lipinski definition) is 3. The van der Waals surface area contributed by atoms with Gasteiger partial charge in [-0.05, 0) is 55.5 Å². The third kappa shape index (κ3) is 5.57. The molecule has 0 saturated heterocycles. The zero-order valence-corrected chi connectivity index (χ0v) is 15.3. The summed E-state index contributed by atoms with van der Waals surface area (Å²) < 4.78 is 4.97. The van der Waals surface area contributed by atoms with Crippen LogP contribution in [0.25, 0.3) is 0 Å². The van der Waals surface area contributed by atoms with Crippen molar-refractivity contribution in [2.24, 2.45) is 5.10 Å². The number of rotatable bonds is 7. The minimum absolute atomic E-state index is 0.0580. The number of hydrogen-bond acceptors (Lipinski definition) is 5. The van der Waals surface area contributed by atoms with E-state index in [1.54, 1.807) is 13.0 Å². The van der Waals surface area contributed by atoms with Crippen LogP contribution in [0.3, 0.4) is 0 Å². The van der Waals surface area contributed by atoms with Crippen LogP contribution in [0.1, 0.15) is 23.9 Å². The van der Waals surface area contributed by atoms with Gasteiger partial charge >= 0.3 is 5.91 Å². The Morgan fingerprint density at radius 1 is 0.893 bits per heavy atom. The second-order valence-corrected chi connectivity index (χ2v) is 6.06. The van der Waals surface area contributed by atoms with E-state index < -0.39 is 5.91 Å². The van der Waals surface area contributed by atoms with Gasteiger partial charge in [0.2, 0.25) is 5.91 Å². The number of amides is 2. The average Bonchev–Trinajstić information content (AvgIpc) is 3.23. The quantitative estimate of drug-likeness (QED) is 0.426. The van der Waals surface area contributed by atoms with E-state index in [0.717, 1.165) is 11.4 Å². The third-order valence-corrected chi connectivity index (χ3v) is 3.74. The van der Waals surface area contributed by atoms with Crippen LogP contribution in [0.5, 0.6) is 0 Å². The highest BCUT2D eigenvalue weighted by atomic mass is 16.3. The third-order valence-electron chi connectivity index (χ3n) is 3.74. The molecule has 28 heavy (non-hydrogen) atoms. The van der Waals surface area contributed by atoms with Crippen molar-refractivity contribution >= 4 is 34.6 Å². The Hall–Kier alpha value is -3.87. The van der Waals surface area contributed by atoms with Gasteiger partial charge in [0.15, 0.2) is 5.76 Å². The topological polar surface area (TPSA) is 95.7 Å². The van der Waals surface area contributed by atoms with E-state index in [0.29, 0.717) is 11.4 Å². The normalized spacial score (nSPS) is 11.0. The summed E-state index contributed by atoms with van der Waals surface area (Å²) in [7, 11) is 0. The van der Waals surface area contributed by atoms with Gasteiger partial charge in [0, 0.05) is 22.8 Å². The Balaban J connectivity index is 1.48. The fourth-order valence-electron chi connectivity index (χ4n) is 2.41. The monoisotopic (exact) mass is 376 g/mol. The SMILES string of the molecule is CC(CC(=O)Nc1ccc(Nc2ccccc2)cc1)=NNC(=O)c1ccco1. The minimum atomic E-state index is -0.466. The largest absolute Gasteiger partial charge is 0.459 e. The van der Waals surface area contributed by atoms with E-state index in [4.69, 9.17) is 4.42 Å². The van der Waals surface area contributed by atoms with Crippen molar-refractivity contribution < 1.29 is 14.0 Å². The summed E-state index contributed by atoms with van der Waals surface area (Å²) in [6.45, 7) is 1.66. The highest BCUT2D eigenvalue weighted by molar-refractivity contribution is 6.06. The Labute approximate surface area is 162 Å². The predicted molar refractivity (Wildman–Crippen MR) is 109 cm³/mol. The van der Waals surface area contributed by atoms with Gasteiger partial charge in [-0.3, -0.25) is 9.59 Å². The van der Waals surface area contributed by atoms with E-state index >= 15 is 0 Å². The number of furan rings is 1. The number of anilines is 3. The summed E-state index contributed by atoms with van der Waals surface area (Å²) in [6, 6.07) is 20.4. The number of carbonyl (C=O) groups excluding carboxylic acids is 2. The second kappa shape index (κ2) is 9.18. The van der Waals surface area contributed by atoms with Crippen LogP contribution in [0, 0.1) is 0 Å². The standard InChI is InChI=1S/C21H20N4O3/c1-15(24-25-21(27)19-8-5-13-28-19)14-20(26)23-18-11-9-17(10-12-18)22-16-6-3-2-4-7-16/h2-13,22H,14H2,1H3,(H,23,26)(H,25,27). The first-order chi connectivity index (χ1) is 13.6. The first-order valence-corrected chi connectivity index (χ1v) is 8.69. The zero-order valence-electron chi connectivity index (χ0n) is 15.3. The average molecular weight is 376 g/mol. The molecule has 0 aliphatic heterocycles. The molecular weight excluding hydrogens is 356 g/mol. The molecule has 7 nitrogen and oxygen atoms in total. The highest BCUT2D eigenvalue weighted by Gasteiger charge is 2.09. The first-order valence-electron chi connectivity index (χ1n) is 8.69. The van der Waals surface area contributed by atoms with Crippen molar-refractivity contribution in [3.05, 3.63) is 78.8 Å². The molecule has 0 unspecified atom stereocenters. The summed E-state index contributed by atoms with van der Waals surface area (Å²) in [5.74, 6) is -0.534. The summed E-state index contributed by atoms with van der Waals surface area (Å²) in [4.78, 5) is 23.9. The van der Waals surface area contributed by atoms with Crippen LogP contribution < -0.4 is 16.1 Å². The molecule has 0 radical (unpaired) electrons. The van der Waals surface area contributed by atoms with Gasteiger partial charge in [0.1, 0.15) is 0 Å². The van der Waals surface area contributed by atoms with Gasteiger partial charge in [-0.15, -0.1) is 0 Å². The number of nitrogens with zero attached hydrogens (tertiary/aromatic N) is 1. The molecule has 3 rings (SSSR count). The lowest BCUT2D eigenvalue weighted by molar-refractivity contribution is -0.115. The Kier molecular flexibility index (Phi) is 6.20. The number of para-hydroxylation sites is 1. The lowest BCUT2D eigenvalue weighted by Crippen LogP contribution is -2.21. The Bertz CT molecular complexity index is 949. The summed E-state index contributed by atoms with van der Waals surface area (Å²) in [5, 5.41) is 9.99. The van der Waals surface area contributed by atoms with E-state index in [1.165, 1.54) is 12.3 Å².